The molecule has 1 aliphatic carbocycles. The molecule has 2 rings (SSSR count). The van der Waals surface area contributed by atoms with Crippen molar-refractivity contribution < 1.29 is 5.11 Å². The van der Waals surface area contributed by atoms with Crippen LogP contribution in [0, 0.1) is 5.41 Å². The predicted molar refractivity (Wildman–Crippen MR) is 59.6 cm³/mol. The Morgan fingerprint density at radius 2 is 2.20 bits per heavy atom. The van der Waals surface area contributed by atoms with E-state index in [2.05, 4.69) is 18.2 Å². The smallest absolute Gasteiger partial charge is 0.0521 e. The van der Waals surface area contributed by atoms with Crippen molar-refractivity contribution in [2.24, 2.45) is 5.41 Å². The van der Waals surface area contributed by atoms with Crippen molar-refractivity contribution in [1.29, 1.82) is 0 Å². The molecule has 0 atom stereocenters. The third-order valence-corrected chi connectivity index (χ3v) is 3.59. The number of aliphatic hydroxyl groups excluding tert-OH is 1. The van der Waals surface area contributed by atoms with Crippen LogP contribution in [-0.4, -0.2) is 21.5 Å². The Labute approximate surface area is 91.1 Å². The molecule has 0 amide bonds. The van der Waals surface area contributed by atoms with Crippen molar-refractivity contribution >= 4 is 0 Å². The lowest BCUT2D eigenvalue weighted by Crippen LogP contribution is -2.24. The van der Waals surface area contributed by atoms with Gasteiger partial charge in [-0.1, -0.05) is 12.8 Å². The molecule has 15 heavy (non-hydrogen) atoms. The molecule has 84 valence electrons. The maximum atomic E-state index is 9.51. The lowest BCUT2D eigenvalue weighted by molar-refractivity contribution is 0.130. The van der Waals surface area contributed by atoms with E-state index >= 15 is 0 Å². The minimum absolute atomic E-state index is 0.154. The normalized spacial score (nSPS) is 19.6. The quantitative estimate of drug-likeness (QED) is 0.821. The number of hydrogen-bond donors (Lipinski definition) is 1. The van der Waals surface area contributed by atoms with Crippen LogP contribution in [0.2, 0.25) is 0 Å². The SMILES string of the molecule is CCn1cc(CC2(CO)CCCC2)cn1. The summed E-state index contributed by atoms with van der Waals surface area (Å²) in [5, 5.41) is 13.8. The summed E-state index contributed by atoms with van der Waals surface area (Å²) >= 11 is 0. The first-order valence-corrected chi connectivity index (χ1v) is 5.90. The second-order valence-electron chi connectivity index (χ2n) is 4.75. The highest BCUT2D eigenvalue weighted by Gasteiger charge is 2.33. The molecule has 0 radical (unpaired) electrons. The van der Waals surface area contributed by atoms with E-state index in [4.69, 9.17) is 0 Å². The van der Waals surface area contributed by atoms with E-state index < -0.39 is 0 Å². The third-order valence-electron chi connectivity index (χ3n) is 3.59. The molecule has 0 aliphatic heterocycles. The van der Waals surface area contributed by atoms with Crippen molar-refractivity contribution in [2.45, 2.75) is 45.6 Å². The minimum atomic E-state index is 0.154. The summed E-state index contributed by atoms with van der Waals surface area (Å²) in [6.07, 6.45) is 9.91. The monoisotopic (exact) mass is 208 g/mol. The Hall–Kier alpha value is -0.830. The molecule has 1 saturated carbocycles. The second-order valence-corrected chi connectivity index (χ2v) is 4.75. The Bertz CT molecular complexity index is 313. The maximum absolute atomic E-state index is 9.51. The zero-order chi connectivity index (χ0) is 10.7. The van der Waals surface area contributed by atoms with Crippen LogP contribution >= 0.6 is 0 Å². The van der Waals surface area contributed by atoms with Crippen LogP contribution in [0.1, 0.15) is 38.2 Å². The Balaban J connectivity index is 2.05. The predicted octanol–water partition coefficient (Wildman–Crippen LogP) is 2.00. The van der Waals surface area contributed by atoms with Crippen LogP contribution in [0.4, 0.5) is 0 Å². The van der Waals surface area contributed by atoms with E-state index in [9.17, 15) is 5.11 Å². The molecule has 1 heterocycles. The van der Waals surface area contributed by atoms with Crippen LogP contribution in [0.25, 0.3) is 0 Å². The molecule has 1 aliphatic rings. The molecular formula is C12H20N2O. The summed E-state index contributed by atoms with van der Waals surface area (Å²) in [5.41, 5.74) is 1.43. The summed E-state index contributed by atoms with van der Waals surface area (Å²) < 4.78 is 1.95. The molecule has 0 unspecified atom stereocenters. The number of nitrogens with zero attached hydrogens (tertiary/aromatic N) is 2. The first kappa shape index (κ1) is 10.7. The Morgan fingerprint density at radius 1 is 1.47 bits per heavy atom. The number of aryl methyl sites for hydroxylation is 1. The van der Waals surface area contributed by atoms with Gasteiger partial charge in [-0.2, -0.15) is 5.10 Å². The third kappa shape index (κ3) is 2.23. The van der Waals surface area contributed by atoms with Gasteiger partial charge < -0.3 is 5.11 Å². The molecule has 1 N–H and O–H groups in total. The topological polar surface area (TPSA) is 38.0 Å². The lowest BCUT2D eigenvalue weighted by Gasteiger charge is -2.25. The first-order valence-electron chi connectivity index (χ1n) is 5.90. The van der Waals surface area contributed by atoms with Crippen molar-refractivity contribution in [3.8, 4) is 0 Å². The number of hydrogen-bond acceptors (Lipinski definition) is 2. The highest BCUT2D eigenvalue weighted by atomic mass is 16.3. The molecule has 0 bridgehead atoms. The van der Waals surface area contributed by atoms with Gasteiger partial charge >= 0.3 is 0 Å². The number of aliphatic hydroxyl groups is 1. The van der Waals surface area contributed by atoms with Gasteiger partial charge in [0.2, 0.25) is 0 Å². The van der Waals surface area contributed by atoms with Gasteiger partial charge in [-0.05, 0) is 37.2 Å². The van der Waals surface area contributed by atoms with Crippen molar-refractivity contribution in [2.75, 3.05) is 6.61 Å². The largest absolute Gasteiger partial charge is 0.396 e. The molecule has 3 nitrogen and oxygen atoms in total. The van der Waals surface area contributed by atoms with E-state index in [1.165, 1.54) is 31.2 Å². The summed E-state index contributed by atoms with van der Waals surface area (Å²) in [5.74, 6) is 0. The van der Waals surface area contributed by atoms with Crippen LogP contribution in [0.5, 0.6) is 0 Å². The molecule has 0 spiro atoms. The van der Waals surface area contributed by atoms with Gasteiger partial charge in [-0.15, -0.1) is 0 Å². The van der Waals surface area contributed by atoms with Crippen LogP contribution in [0.3, 0.4) is 0 Å². The van der Waals surface area contributed by atoms with E-state index in [0.717, 1.165) is 13.0 Å². The van der Waals surface area contributed by atoms with E-state index in [0.29, 0.717) is 6.61 Å². The molecule has 1 aromatic heterocycles. The Morgan fingerprint density at radius 3 is 2.73 bits per heavy atom. The maximum Gasteiger partial charge on any atom is 0.0521 e. The highest BCUT2D eigenvalue weighted by molar-refractivity contribution is 5.08. The van der Waals surface area contributed by atoms with Gasteiger partial charge in [-0.3, -0.25) is 4.68 Å². The zero-order valence-electron chi connectivity index (χ0n) is 9.45. The van der Waals surface area contributed by atoms with Gasteiger partial charge in [-0.25, -0.2) is 0 Å². The van der Waals surface area contributed by atoms with Crippen molar-refractivity contribution in [1.82, 2.24) is 9.78 Å². The van der Waals surface area contributed by atoms with Gasteiger partial charge in [0, 0.05) is 19.3 Å². The summed E-state index contributed by atoms with van der Waals surface area (Å²) in [6, 6.07) is 0. The van der Waals surface area contributed by atoms with Crippen LogP contribution in [0.15, 0.2) is 12.4 Å². The molecule has 1 aromatic rings. The first-order chi connectivity index (χ1) is 7.28. The van der Waals surface area contributed by atoms with Crippen LogP contribution in [-0.2, 0) is 13.0 Å². The van der Waals surface area contributed by atoms with Crippen LogP contribution < -0.4 is 0 Å². The fourth-order valence-corrected chi connectivity index (χ4v) is 2.62. The fraction of sp³-hybridized carbons (Fsp3) is 0.750. The minimum Gasteiger partial charge on any atom is -0.396 e. The van der Waals surface area contributed by atoms with E-state index in [1.807, 2.05) is 10.9 Å². The molecular weight excluding hydrogens is 188 g/mol. The zero-order valence-corrected chi connectivity index (χ0v) is 9.45. The number of rotatable bonds is 4. The Kier molecular flexibility index (Phi) is 3.10. The molecule has 1 fully saturated rings. The van der Waals surface area contributed by atoms with Gasteiger partial charge in [0.05, 0.1) is 6.20 Å². The fourth-order valence-electron chi connectivity index (χ4n) is 2.62. The highest BCUT2D eigenvalue weighted by Crippen LogP contribution is 2.40. The summed E-state index contributed by atoms with van der Waals surface area (Å²) in [4.78, 5) is 0. The average Bonchev–Trinajstić information content (AvgIpc) is 2.88. The summed E-state index contributed by atoms with van der Waals surface area (Å²) in [7, 11) is 0. The standard InChI is InChI=1S/C12H20N2O/c1-2-14-9-11(8-13-14)7-12(10-15)5-3-4-6-12/h8-9,15H,2-7,10H2,1H3. The molecule has 0 aromatic carbocycles. The van der Waals surface area contributed by atoms with Gasteiger partial charge in [0.1, 0.15) is 0 Å². The van der Waals surface area contributed by atoms with E-state index in [1.54, 1.807) is 0 Å². The second kappa shape index (κ2) is 4.35. The molecule has 0 saturated heterocycles. The van der Waals surface area contributed by atoms with E-state index in [-0.39, 0.29) is 5.41 Å². The van der Waals surface area contributed by atoms with Crippen molar-refractivity contribution in [3.05, 3.63) is 18.0 Å². The number of aromatic nitrogens is 2. The van der Waals surface area contributed by atoms with Crippen molar-refractivity contribution in [3.63, 3.8) is 0 Å². The molecule has 3 heteroatoms. The lowest BCUT2D eigenvalue weighted by atomic mass is 9.82. The summed E-state index contributed by atoms with van der Waals surface area (Å²) in [6.45, 7) is 3.34. The van der Waals surface area contributed by atoms with Gasteiger partial charge in [0.15, 0.2) is 0 Å². The van der Waals surface area contributed by atoms with Gasteiger partial charge in [0.25, 0.3) is 0 Å². The average molecular weight is 208 g/mol.